The average molecular weight is 395 g/mol. The van der Waals surface area contributed by atoms with Crippen molar-refractivity contribution in [2.24, 2.45) is 5.92 Å². The molecule has 0 spiro atoms. The molecule has 26 heavy (non-hydrogen) atoms. The summed E-state index contributed by atoms with van der Waals surface area (Å²) >= 11 is 12.2. The van der Waals surface area contributed by atoms with E-state index in [4.69, 9.17) is 33.0 Å². The molecule has 1 atom stereocenters. The number of carboxylic acids is 1. The SMILES string of the molecule is CCCC1Cc2cc(OCC(=O)O)c(Cl)c(Cl)c2C1=O.c1ccccc1. The van der Waals surface area contributed by atoms with Gasteiger partial charge in [0.2, 0.25) is 0 Å². The summed E-state index contributed by atoms with van der Waals surface area (Å²) in [5.74, 6) is -0.947. The highest BCUT2D eigenvalue weighted by atomic mass is 35.5. The molecule has 0 bridgehead atoms. The molecule has 0 saturated heterocycles. The van der Waals surface area contributed by atoms with Crippen molar-refractivity contribution in [1.29, 1.82) is 0 Å². The van der Waals surface area contributed by atoms with Crippen LogP contribution in [0.4, 0.5) is 0 Å². The second kappa shape index (κ2) is 9.60. The zero-order chi connectivity index (χ0) is 19.1. The highest BCUT2D eigenvalue weighted by molar-refractivity contribution is 6.45. The molecule has 3 rings (SSSR count). The van der Waals surface area contributed by atoms with E-state index in [1.165, 1.54) is 0 Å². The van der Waals surface area contributed by atoms with E-state index in [2.05, 4.69) is 0 Å². The van der Waals surface area contributed by atoms with Crippen LogP contribution in [0.15, 0.2) is 42.5 Å². The molecule has 1 aliphatic carbocycles. The lowest BCUT2D eigenvalue weighted by Crippen LogP contribution is -2.10. The molecule has 0 aliphatic heterocycles. The molecule has 4 nitrogen and oxygen atoms in total. The van der Waals surface area contributed by atoms with Crippen LogP contribution < -0.4 is 4.74 Å². The molecule has 6 heteroatoms. The summed E-state index contributed by atoms with van der Waals surface area (Å²) in [5.41, 5.74) is 1.24. The van der Waals surface area contributed by atoms with Crippen LogP contribution in [0.3, 0.4) is 0 Å². The first kappa shape index (κ1) is 20.3. The average Bonchev–Trinajstić information content (AvgIpc) is 2.95. The Morgan fingerprint density at radius 2 is 1.73 bits per heavy atom. The van der Waals surface area contributed by atoms with Crippen molar-refractivity contribution in [1.82, 2.24) is 0 Å². The molecule has 1 aliphatic rings. The van der Waals surface area contributed by atoms with Gasteiger partial charge in [-0.05, 0) is 24.5 Å². The second-order valence-corrected chi connectivity index (χ2v) is 6.68. The van der Waals surface area contributed by atoms with Gasteiger partial charge >= 0.3 is 5.97 Å². The number of carbonyl (C=O) groups is 2. The standard InChI is InChI=1S/C14H14Cl2O4.C6H6/c1-2-3-7-4-8-5-9(20-6-10(17)18)12(15)13(16)11(8)14(7)19;1-2-4-6-5-3-1/h5,7H,2-4,6H2,1H3,(H,17,18);1-6H. The Morgan fingerprint density at radius 3 is 2.23 bits per heavy atom. The quantitative estimate of drug-likeness (QED) is 0.747. The molecule has 0 saturated carbocycles. The molecular weight excluding hydrogens is 375 g/mol. The first-order chi connectivity index (χ1) is 12.5. The predicted molar refractivity (Wildman–Crippen MR) is 102 cm³/mol. The Kier molecular flexibility index (Phi) is 7.49. The van der Waals surface area contributed by atoms with Crippen molar-refractivity contribution >= 4 is 35.0 Å². The summed E-state index contributed by atoms with van der Waals surface area (Å²) in [5, 5.41) is 8.88. The van der Waals surface area contributed by atoms with Gasteiger partial charge < -0.3 is 9.84 Å². The zero-order valence-electron chi connectivity index (χ0n) is 14.4. The van der Waals surface area contributed by atoms with E-state index in [-0.39, 0.29) is 27.5 Å². The minimum atomic E-state index is -1.10. The molecule has 1 N–H and O–H groups in total. The highest BCUT2D eigenvalue weighted by Crippen LogP contribution is 2.43. The van der Waals surface area contributed by atoms with Gasteiger partial charge in [-0.1, -0.05) is 72.9 Å². The minimum absolute atomic E-state index is 0.0125. The molecule has 0 amide bonds. The normalized spacial score (nSPS) is 15.0. The van der Waals surface area contributed by atoms with E-state index < -0.39 is 12.6 Å². The van der Waals surface area contributed by atoms with E-state index in [0.717, 1.165) is 18.4 Å². The molecule has 0 aromatic heterocycles. The molecular formula is C20H20Cl2O4. The maximum atomic E-state index is 12.3. The number of carboxylic acid groups (broad SMARTS) is 1. The van der Waals surface area contributed by atoms with E-state index >= 15 is 0 Å². The zero-order valence-corrected chi connectivity index (χ0v) is 15.9. The second-order valence-electron chi connectivity index (χ2n) is 5.93. The number of carbonyl (C=O) groups excluding carboxylic acids is 1. The number of rotatable bonds is 5. The van der Waals surface area contributed by atoms with Gasteiger partial charge in [-0.2, -0.15) is 0 Å². The number of hydrogen-bond acceptors (Lipinski definition) is 3. The van der Waals surface area contributed by atoms with Crippen molar-refractivity contribution in [2.75, 3.05) is 6.61 Å². The number of ether oxygens (including phenoxy) is 1. The van der Waals surface area contributed by atoms with Crippen LogP contribution in [0, 0.1) is 5.92 Å². The number of fused-ring (bicyclic) bond motifs is 1. The molecule has 2 aromatic rings. The molecule has 0 radical (unpaired) electrons. The van der Waals surface area contributed by atoms with Crippen LogP contribution in [0.1, 0.15) is 35.7 Å². The van der Waals surface area contributed by atoms with Crippen LogP contribution >= 0.6 is 23.2 Å². The molecule has 0 fully saturated rings. The van der Waals surface area contributed by atoms with Crippen molar-refractivity contribution in [3.05, 3.63) is 63.6 Å². The van der Waals surface area contributed by atoms with Gasteiger partial charge in [-0.15, -0.1) is 0 Å². The van der Waals surface area contributed by atoms with E-state index in [0.29, 0.717) is 12.0 Å². The fraction of sp³-hybridized carbons (Fsp3) is 0.300. The van der Waals surface area contributed by atoms with Gasteiger partial charge in [-0.3, -0.25) is 4.79 Å². The maximum absolute atomic E-state index is 12.3. The summed E-state index contributed by atoms with van der Waals surface area (Å²) in [7, 11) is 0. The number of halogens is 2. The van der Waals surface area contributed by atoms with Crippen molar-refractivity contribution in [3.63, 3.8) is 0 Å². The first-order valence-electron chi connectivity index (χ1n) is 8.35. The lowest BCUT2D eigenvalue weighted by molar-refractivity contribution is -0.139. The number of Topliss-reactive ketones (excluding diaryl/α,β-unsaturated/α-hetero) is 1. The third kappa shape index (κ3) is 4.99. The van der Waals surface area contributed by atoms with Gasteiger partial charge in [0, 0.05) is 11.5 Å². The van der Waals surface area contributed by atoms with Crippen LogP contribution in [-0.4, -0.2) is 23.5 Å². The number of ketones is 1. The smallest absolute Gasteiger partial charge is 0.341 e. The summed E-state index contributed by atoms with van der Waals surface area (Å²) in [6.07, 6.45) is 2.31. The lowest BCUT2D eigenvalue weighted by atomic mass is 10.00. The van der Waals surface area contributed by atoms with Crippen molar-refractivity contribution in [3.8, 4) is 5.75 Å². The Bertz CT molecular complexity index is 748. The monoisotopic (exact) mass is 394 g/mol. The number of hydrogen-bond donors (Lipinski definition) is 1. The molecule has 138 valence electrons. The Morgan fingerprint density at radius 1 is 1.15 bits per heavy atom. The maximum Gasteiger partial charge on any atom is 0.341 e. The van der Waals surface area contributed by atoms with Crippen LogP contribution in [0.25, 0.3) is 0 Å². The van der Waals surface area contributed by atoms with Gasteiger partial charge in [0.05, 0.1) is 5.02 Å². The highest BCUT2D eigenvalue weighted by Gasteiger charge is 2.34. The van der Waals surface area contributed by atoms with Crippen LogP contribution in [-0.2, 0) is 11.2 Å². The third-order valence-electron chi connectivity index (χ3n) is 3.99. The van der Waals surface area contributed by atoms with E-state index in [9.17, 15) is 9.59 Å². The topological polar surface area (TPSA) is 63.6 Å². The number of aliphatic carboxylic acids is 1. The van der Waals surface area contributed by atoms with E-state index in [1.54, 1.807) is 6.07 Å². The molecule has 0 heterocycles. The molecule has 1 unspecified atom stereocenters. The largest absolute Gasteiger partial charge is 0.480 e. The predicted octanol–water partition coefficient (Wildman–Crippen LogP) is 5.30. The summed E-state index contributed by atoms with van der Waals surface area (Å²) in [4.78, 5) is 22.8. The van der Waals surface area contributed by atoms with E-state index in [1.807, 2.05) is 43.3 Å². The Balaban J connectivity index is 0.000000342. The molecule has 2 aromatic carbocycles. The number of benzene rings is 2. The van der Waals surface area contributed by atoms with Crippen LogP contribution in [0.5, 0.6) is 5.75 Å². The van der Waals surface area contributed by atoms with Gasteiger partial charge in [0.15, 0.2) is 12.4 Å². The van der Waals surface area contributed by atoms with Crippen molar-refractivity contribution < 1.29 is 19.4 Å². The van der Waals surface area contributed by atoms with Crippen LogP contribution in [0.2, 0.25) is 10.0 Å². The fourth-order valence-electron chi connectivity index (χ4n) is 2.85. The minimum Gasteiger partial charge on any atom is -0.480 e. The third-order valence-corrected chi connectivity index (χ3v) is 4.84. The summed E-state index contributed by atoms with van der Waals surface area (Å²) in [6.45, 7) is 1.52. The summed E-state index contributed by atoms with van der Waals surface area (Å²) in [6, 6.07) is 13.6. The first-order valence-corrected chi connectivity index (χ1v) is 9.11. The van der Waals surface area contributed by atoms with Gasteiger partial charge in [0.25, 0.3) is 0 Å². The van der Waals surface area contributed by atoms with Gasteiger partial charge in [0.1, 0.15) is 10.8 Å². The Labute approximate surface area is 162 Å². The summed E-state index contributed by atoms with van der Waals surface area (Å²) < 4.78 is 5.11. The fourth-order valence-corrected chi connectivity index (χ4v) is 3.36. The lowest BCUT2D eigenvalue weighted by Gasteiger charge is -2.10. The Hall–Kier alpha value is -2.04. The van der Waals surface area contributed by atoms with Crippen molar-refractivity contribution in [2.45, 2.75) is 26.2 Å². The van der Waals surface area contributed by atoms with Gasteiger partial charge in [-0.25, -0.2) is 4.79 Å².